The van der Waals surface area contributed by atoms with E-state index in [1.54, 1.807) is 36.5 Å². The summed E-state index contributed by atoms with van der Waals surface area (Å²) in [6.07, 6.45) is 4.65. The fraction of sp³-hybridized carbons (Fsp3) is 0.242. The first-order valence-corrected chi connectivity index (χ1v) is 14.1. The second-order valence-corrected chi connectivity index (χ2v) is 10.4. The minimum Gasteiger partial charge on any atom is -0.488 e. The molecule has 1 heterocycles. The number of nitriles is 1. The van der Waals surface area contributed by atoms with Crippen molar-refractivity contribution in [3.8, 4) is 28.7 Å². The molecule has 1 aliphatic rings. The average Bonchev–Trinajstić information content (AvgIpc) is 3.44. The summed E-state index contributed by atoms with van der Waals surface area (Å²) in [5.74, 6) is 0.798. The van der Waals surface area contributed by atoms with Gasteiger partial charge in [-0.05, 0) is 54.7 Å². The van der Waals surface area contributed by atoms with Gasteiger partial charge in [0, 0.05) is 47.7 Å². The normalized spacial score (nSPS) is 14.1. The Bertz CT molecular complexity index is 1610. The zero-order valence-electron chi connectivity index (χ0n) is 23.6. The van der Waals surface area contributed by atoms with E-state index in [-0.39, 0.29) is 37.6 Å². The summed E-state index contributed by atoms with van der Waals surface area (Å²) in [5.41, 5.74) is 9.73. The number of fused-ring (bicyclic) bond motifs is 1. The van der Waals surface area contributed by atoms with Crippen molar-refractivity contribution in [1.82, 2.24) is 10.3 Å². The van der Waals surface area contributed by atoms with Crippen LogP contribution in [0.3, 0.4) is 0 Å². The lowest BCUT2D eigenvalue weighted by molar-refractivity contribution is -0.106. The Kier molecular flexibility index (Phi) is 11.1. The number of halogens is 2. The van der Waals surface area contributed by atoms with E-state index in [2.05, 4.69) is 22.1 Å². The molecule has 0 fully saturated rings. The lowest BCUT2D eigenvalue weighted by Gasteiger charge is -2.20. The summed E-state index contributed by atoms with van der Waals surface area (Å²) in [4.78, 5) is 12.7. The lowest BCUT2D eigenvalue weighted by atomic mass is 9.96. The Hall–Kier alpha value is -4.49. The highest BCUT2D eigenvalue weighted by Crippen LogP contribution is 2.43. The van der Waals surface area contributed by atoms with Crippen molar-refractivity contribution in [2.24, 2.45) is 5.73 Å². The molecule has 1 aliphatic carbocycles. The number of nitrogens with two attached hydrogens (primary N) is 1. The Labute approximate surface area is 254 Å². The van der Waals surface area contributed by atoms with Gasteiger partial charge in [-0.25, -0.2) is 4.39 Å². The molecule has 0 radical (unpaired) electrons. The summed E-state index contributed by atoms with van der Waals surface area (Å²) >= 11 is 6.71. The van der Waals surface area contributed by atoms with E-state index < -0.39 is 0 Å². The van der Waals surface area contributed by atoms with E-state index in [4.69, 9.17) is 25.9 Å². The Balaban J connectivity index is 0.00000135. The van der Waals surface area contributed by atoms with Gasteiger partial charge in [0.2, 0.25) is 6.41 Å². The van der Waals surface area contributed by atoms with E-state index in [1.807, 2.05) is 31.2 Å². The molecular formula is C33H32ClFN4O4. The van der Waals surface area contributed by atoms with Crippen molar-refractivity contribution >= 4 is 18.0 Å². The molecule has 1 aromatic heterocycles. The first-order chi connectivity index (χ1) is 20.9. The van der Waals surface area contributed by atoms with E-state index >= 15 is 0 Å². The van der Waals surface area contributed by atoms with E-state index in [1.165, 1.54) is 12.3 Å². The van der Waals surface area contributed by atoms with Crippen molar-refractivity contribution in [3.63, 3.8) is 0 Å². The predicted molar refractivity (Wildman–Crippen MR) is 162 cm³/mol. The van der Waals surface area contributed by atoms with E-state index in [0.717, 1.165) is 40.7 Å². The van der Waals surface area contributed by atoms with Gasteiger partial charge in [-0.2, -0.15) is 5.26 Å². The standard InChI is InChI=1S/C32H29ClFN3O3.CH3NO/c1-20(18-38)37-17-23-12-28(33)32(13-31(23)39-19-22-11-21(14-35)15-36-16-22)40-30-10-9-25-24(6-4-7-27(25)30)26-5-2-3-8-29(26)34;2-1-3/h2-8,11-13,15-16,20,30,37-38H,9-10,17-19H2,1H3;1H,(H2,2,3)/t20-,30-;/m0./s1. The van der Waals surface area contributed by atoms with Crippen LogP contribution in [0.2, 0.25) is 5.02 Å². The SMILES string of the molecule is C[C@@H](CO)NCc1cc(Cl)c(O[C@H]2CCc3c(-c4ccccc4F)cccc32)cc1OCc1cncc(C#N)c1.NC=O. The summed E-state index contributed by atoms with van der Waals surface area (Å²) < 4.78 is 27.2. The summed E-state index contributed by atoms with van der Waals surface area (Å²) in [6, 6.07) is 20.0. The van der Waals surface area contributed by atoms with Gasteiger partial charge < -0.3 is 25.6 Å². The van der Waals surface area contributed by atoms with Crippen LogP contribution in [0, 0.1) is 17.1 Å². The largest absolute Gasteiger partial charge is 0.488 e. The Morgan fingerprint density at radius 1 is 1.19 bits per heavy atom. The molecule has 5 rings (SSSR count). The number of carbonyl (C=O) groups is 1. The summed E-state index contributed by atoms with van der Waals surface area (Å²) in [7, 11) is 0. The topological polar surface area (TPSA) is 130 Å². The third-order valence-electron chi connectivity index (χ3n) is 7.00. The molecule has 3 aromatic carbocycles. The zero-order chi connectivity index (χ0) is 30.8. The zero-order valence-corrected chi connectivity index (χ0v) is 24.4. The number of hydrogen-bond acceptors (Lipinski definition) is 7. The number of hydrogen-bond donors (Lipinski definition) is 3. The number of rotatable bonds is 10. The maximum atomic E-state index is 14.6. The molecule has 43 heavy (non-hydrogen) atoms. The number of amides is 1. The minimum absolute atomic E-state index is 0.00625. The number of ether oxygens (including phenoxy) is 2. The first kappa shape index (κ1) is 31.4. The van der Waals surface area contributed by atoms with Crippen LogP contribution < -0.4 is 20.5 Å². The first-order valence-electron chi connectivity index (χ1n) is 13.7. The third kappa shape index (κ3) is 7.87. The van der Waals surface area contributed by atoms with E-state index in [0.29, 0.717) is 34.2 Å². The van der Waals surface area contributed by atoms with Crippen LogP contribution in [-0.2, 0) is 24.4 Å². The molecule has 0 bridgehead atoms. The average molecular weight is 603 g/mol. The molecule has 4 aromatic rings. The fourth-order valence-electron chi connectivity index (χ4n) is 4.90. The maximum Gasteiger partial charge on any atom is 0.204 e. The summed E-state index contributed by atoms with van der Waals surface area (Å²) in [6.45, 7) is 2.50. The number of aromatic nitrogens is 1. The van der Waals surface area contributed by atoms with Gasteiger partial charge in [-0.3, -0.25) is 9.78 Å². The van der Waals surface area contributed by atoms with Gasteiger partial charge in [0.1, 0.15) is 36.1 Å². The third-order valence-corrected chi connectivity index (χ3v) is 7.29. The molecule has 4 N–H and O–H groups in total. The Morgan fingerprint density at radius 2 is 1.95 bits per heavy atom. The molecule has 222 valence electrons. The van der Waals surface area contributed by atoms with Gasteiger partial charge in [0.15, 0.2) is 0 Å². The number of aliphatic hydroxyl groups excluding tert-OH is 1. The fourth-order valence-corrected chi connectivity index (χ4v) is 5.13. The van der Waals surface area contributed by atoms with Crippen LogP contribution in [0.4, 0.5) is 4.39 Å². The number of nitrogens with zero attached hydrogens (tertiary/aromatic N) is 2. The highest BCUT2D eigenvalue weighted by atomic mass is 35.5. The van der Waals surface area contributed by atoms with Crippen LogP contribution in [0.15, 0.2) is 73.1 Å². The number of aliphatic hydroxyl groups is 1. The minimum atomic E-state index is -0.250. The second kappa shape index (κ2) is 15.1. The number of benzene rings is 3. The molecule has 8 nitrogen and oxygen atoms in total. The van der Waals surface area contributed by atoms with Crippen molar-refractivity contribution in [3.05, 3.63) is 112 Å². The quantitative estimate of drug-likeness (QED) is 0.201. The number of pyridine rings is 1. The van der Waals surface area contributed by atoms with Gasteiger partial charge in [-0.15, -0.1) is 0 Å². The Morgan fingerprint density at radius 3 is 2.70 bits per heavy atom. The van der Waals surface area contributed by atoms with Crippen molar-refractivity contribution in [2.75, 3.05) is 6.61 Å². The van der Waals surface area contributed by atoms with Crippen LogP contribution in [0.5, 0.6) is 11.5 Å². The second-order valence-electron chi connectivity index (χ2n) is 9.97. The number of carbonyl (C=O) groups excluding carboxylic acids is 1. The number of primary amides is 1. The molecule has 0 saturated heterocycles. The molecule has 0 unspecified atom stereocenters. The van der Waals surface area contributed by atoms with Gasteiger partial charge in [0.05, 0.1) is 17.2 Å². The molecule has 0 spiro atoms. The summed E-state index contributed by atoms with van der Waals surface area (Å²) in [5, 5.41) is 22.3. The van der Waals surface area contributed by atoms with Gasteiger partial charge in [-0.1, -0.05) is 48.0 Å². The molecule has 1 amide bonds. The molecule has 0 aliphatic heterocycles. The van der Waals surface area contributed by atoms with Crippen LogP contribution in [0.1, 0.15) is 47.3 Å². The van der Waals surface area contributed by atoms with Crippen LogP contribution in [0.25, 0.3) is 11.1 Å². The molecule has 0 saturated carbocycles. The van der Waals surface area contributed by atoms with E-state index in [9.17, 15) is 14.8 Å². The monoisotopic (exact) mass is 602 g/mol. The lowest BCUT2D eigenvalue weighted by Crippen LogP contribution is -2.28. The van der Waals surface area contributed by atoms with Crippen molar-refractivity contribution in [2.45, 2.75) is 45.1 Å². The number of nitrogens with one attached hydrogen (secondary N) is 1. The molecule has 10 heteroatoms. The maximum absolute atomic E-state index is 14.6. The molecular weight excluding hydrogens is 571 g/mol. The van der Waals surface area contributed by atoms with Gasteiger partial charge >= 0.3 is 0 Å². The van der Waals surface area contributed by atoms with Crippen LogP contribution in [-0.4, -0.2) is 29.1 Å². The highest BCUT2D eigenvalue weighted by Gasteiger charge is 2.28. The van der Waals surface area contributed by atoms with Crippen molar-refractivity contribution in [1.29, 1.82) is 5.26 Å². The predicted octanol–water partition coefficient (Wildman–Crippen LogP) is 5.63. The highest BCUT2D eigenvalue weighted by molar-refractivity contribution is 6.32. The van der Waals surface area contributed by atoms with Gasteiger partial charge in [0.25, 0.3) is 0 Å². The molecule has 2 atom stereocenters. The smallest absolute Gasteiger partial charge is 0.204 e. The van der Waals surface area contributed by atoms with Crippen molar-refractivity contribution < 1.29 is 23.8 Å². The van der Waals surface area contributed by atoms with Crippen LogP contribution >= 0.6 is 11.6 Å².